The van der Waals surface area contributed by atoms with Crippen LogP contribution in [0.4, 0.5) is 8.78 Å². The van der Waals surface area contributed by atoms with Crippen molar-refractivity contribution in [2.75, 3.05) is 0 Å². The summed E-state index contributed by atoms with van der Waals surface area (Å²) in [6.07, 6.45) is 0. The van der Waals surface area contributed by atoms with Gasteiger partial charge in [0.2, 0.25) is 0 Å². The summed E-state index contributed by atoms with van der Waals surface area (Å²) in [6, 6.07) is 8.35. The van der Waals surface area contributed by atoms with E-state index in [0.717, 1.165) is 22.2 Å². The number of carbonyl (C=O) groups excluding carboxylic acids is 1. The van der Waals surface area contributed by atoms with E-state index in [4.69, 9.17) is 0 Å². The average molecular weight is 311 g/mol. The number of carbonyl (C=O) groups is 1. The van der Waals surface area contributed by atoms with Crippen LogP contribution in [-0.4, -0.2) is 5.78 Å². The topological polar surface area (TPSA) is 17.1 Å². The van der Waals surface area contributed by atoms with Crippen LogP contribution in [0.1, 0.15) is 21.5 Å². The summed E-state index contributed by atoms with van der Waals surface area (Å²) in [6.45, 7) is 1.79. The second kappa shape index (κ2) is 4.98. The summed E-state index contributed by atoms with van der Waals surface area (Å²) >= 11 is 3.33. The molecular formula is C14H9BrF2O. The van der Waals surface area contributed by atoms with Crippen molar-refractivity contribution in [3.8, 4) is 0 Å². The fourth-order valence-electron chi connectivity index (χ4n) is 1.65. The fraction of sp³-hybridized carbons (Fsp3) is 0.0714. The van der Waals surface area contributed by atoms with Crippen LogP contribution < -0.4 is 0 Å². The van der Waals surface area contributed by atoms with Gasteiger partial charge < -0.3 is 0 Å². The lowest BCUT2D eigenvalue weighted by molar-refractivity contribution is 0.103. The Morgan fingerprint density at radius 2 is 1.83 bits per heavy atom. The highest BCUT2D eigenvalue weighted by Crippen LogP contribution is 2.22. The Hall–Kier alpha value is -1.55. The molecular weight excluding hydrogens is 302 g/mol. The zero-order chi connectivity index (χ0) is 13.3. The highest BCUT2D eigenvalue weighted by molar-refractivity contribution is 9.10. The molecule has 0 atom stereocenters. The van der Waals surface area contributed by atoms with Gasteiger partial charge in [0.15, 0.2) is 17.4 Å². The Morgan fingerprint density at radius 3 is 2.50 bits per heavy atom. The Morgan fingerprint density at radius 1 is 1.11 bits per heavy atom. The first-order chi connectivity index (χ1) is 8.50. The maximum atomic E-state index is 13.1. The number of rotatable bonds is 2. The van der Waals surface area contributed by atoms with Gasteiger partial charge in [-0.1, -0.05) is 28.1 Å². The van der Waals surface area contributed by atoms with E-state index >= 15 is 0 Å². The van der Waals surface area contributed by atoms with Crippen molar-refractivity contribution < 1.29 is 13.6 Å². The molecule has 0 N–H and O–H groups in total. The Balaban J connectivity index is 2.48. The molecule has 4 heteroatoms. The first-order valence-electron chi connectivity index (χ1n) is 5.25. The van der Waals surface area contributed by atoms with E-state index in [9.17, 15) is 13.6 Å². The summed E-state index contributed by atoms with van der Waals surface area (Å²) in [5.41, 5.74) is 1.37. The molecule has 92 valence electrons. The largest absolute Gasteiger partial charge is 0.289 e. The van der Waals surface area contributed by atoms with Gasteiger partial charge in [0, 0.05) is 15.6 Å². The third kappa shape index (κ3) is 2.34. The van der Waals surface area contributed by atoms with Crippen LogP contribution in [-0.2, 0) is 0 Å². The molecule has 18 heavy (non-hydrogen) atoms. The minimum Gasteiger partial charge on any atom is -0.289 e. The summed E-state index contributed by atoms with van der Waals surface area (Å²) in [5.74, 6) is -2.31. The molecule has 2 aromatic carbocycles. The van der Waals surface area contributed by atoms with Gasteiger partial charge in [-0.2, -0.15) is 0 Å². The number of hydrogen-bond acceptors (Lipinski definition) is 1. The van der Waals surface area contributed by atoms with Crippen molar-refractivity contribution in [2.45, 2.75) is 6.92 Å². The molecule has 0 spiro atoms. The second-order valence-corrected chi connectivity index (χ2v) is 4.72. The quantitative estimate of drug-likeness (QED) is 0.757. The molecule has 0 bridgehead atoms. The SMILES string of the molecule is Cc1c(Br)cccc1C(=O)c1ccc(F)c(F)c1. The fourth-order valence-corrected chi connectivity index (χ4v) is 2.01. The number of hydrogen-bond donors (Lipinski definition) is 0. The maximum absolute atomic E-state index is 13.1. The predicted molar refractivity (Wildman–Crippen MR) is 68.7 cm³/mol. The van der Waals surface area contributed by atoms with E-state index in [0.29, 0.717) is 5.56 Å². The van der Waals surface area contributed by atoms with Gasteiger partial charge in [0.25, 0.3) is 0 Å². The summed E-state index contributed by atoms with van der Waals surface area (Å²) in [5, 5.41) is 0. The lowest BCUT2D eigenvalue weighted by Gasteiger charge is -2.07. The molecule has 0 aliphatic rings. The van der Waals surface area contributed by atoms with E-state index in [1.54, 1.807) is 19.1 Å². The molecule has 2 rings (SSSR count). The van der Waals surface area contributed by atoms with E-state index in [1.165, 1.54) is 6.07 Å². The van der Waals surface area contributed by atoms with Crippen molar-refractivity contribution in [2.24, 2.45) is 0 Å². The van der Waals surface area contributed by atoms with E-state index in [1.807, 2.05) is 6.07 Å². The van der Waals surface area contributed by atoms with Gasteiger partial charge in [-0.25, -0.2) is 8.78 Å². The Kier molecular flexibility index (Phi) is 3.57. The molecule has 0 fully saturated rings. The first kappa shape index (κ1) is 12.9. The lowest BCUT2D eigenvalue weighted by Crippen LogP contribution is -2.05. The first-order valence-corrected chi connectivity index (χ1v) is 6.05. The highest BCUT2D eigenvalue weighted by atomic mass is 79.9. The van der Waals surface area contributed by atoms with Crippen LogP contribution >= 0.6 is 15.9 Å². The number of benzene rings is 2. The monoisotopic (exact) mass is 310 g/mol. The molecule has 0 aliphatic heterocycles. The summed E-state index contributed by atoms with van der Waals surface area (Å²) in [7, 11) is 0. The minimum absolute atomic E-state index is 0.134. The predicted octanol–water partition coefficient (Wildman–Crippen LogP) is 4.27. The van der Waals surface area contributed by atoms with Gasteiger partial charge in [0.05, 0.1) is 0 Å². The third-order valence-electron chi connectivity index (χ3n) is 2.69. The van der Waals surface area contributed by atoms with Crippen LogP contribution in [0.3, 0.4) is 0 Å². The molecule has 0 heterocycles. The summed E-state index contributed by atoms with van der Waals surface area (Å²) < 4.78 is 26.7. The molecule has 1 nitrogen and oxygen atoms in total. The van der Waals surface area contributed by atoms with Crippen molar-refractivity contribution in [1.82, 2.24) is 0 Å². The third-order valence-corrected chi connectivity index (χ3v) is 3.55. The van der Waals surface area contributed by atoms with Crippen molar-refractivity contribution in [3.63, 3.8) is 0 Å². The van der Waals surface area contributed by atoms with Crippen molar-refractivity contribution in [1.29, 1.82) is 0 Å². The highest BCUT2D eigenvalue weighted by Gasteiger charge is 2.14. The molecule has 0 saturated carbocycles. The maximum Gasteiger partial charge on any atom is 0.193 e. The molecule has 0 saturated heterocycles. The van der Waals surface area contributed by atoms with Crippen LogP contribution in [0, 0.1) is 18.6 Å². The van der Waals surface area contributed by atoms with Gasteiger partial charge in [-0.05, 0) is 36.8 Å². The van der Waals surface area contributed by atoms with Gasteiger partial charge in [-0.15, -0.1) is 0 Å². The molecule has 0 amide bonds. The zero-order valence-electron chi connectivity index (χ0n) is 9.51. The zero-order valence-corrected chi connectivity index (χ0v) is 11.1. The standard InChI is InChI=1S/C14H9BrF2O/c1-8-10(3-2-4-11(8)15)14(18)9-5-6-12(16)13(17)7-9/h2-7H,1H3. The Bertz CT molecular complexity index is 623. The normalized spacial score (nSPS) is 10.4. The molecule has 0 aromatic heterocycles. The lowest BCUT2D eigenvalue weighted by atomic mass is 9.99. The Labute approximate surface area is 112 Å². The van der Waals surface area contributed by atoms with Gasteiger partial charge >= 0.3 is 0 Å². The molecule has 2 aromatic rings. The van der Waals surface area contributed by atoms with Crippen molar-refractivity contribution in [3.05, 3.63) is 69.2 Å². The number of ketones is 1. The van der Waals surface area contributed by atoms with Gasteiger partial charge in [0.1, 0.15) is 0 Å². The van der Waals surface area contributed by atoms with E-state index in [-0.39, 0.29) is 11.3 Å². The number of halogens is 3. The van der Waals surface area contributed by atoms with Crippen molar-refractivity contribution >= 4 is 21.7 Å². The summed E-state index contributed by atoms with van der Waals surface area (Å²) in [4.78, 5) is 12.2. The van der Waals surface area contributed by atoms with Gasteiger partial charge in [-0.3, -0.25) is 4.79 Å². The minimum atomic E-state index is -1.02. The average Bonchev–Trinajstić information content (AvgIpc) is 2.35. The van der Waals surface area contributed by atoms with Crippen LogP contribution in [0.2, 0.25) is 0 Å². The molecule has 0 aliphatic carbocycles. The smallest absolute Gasteiger partial charge is 0.193 e. The second-order valence-electron chi connectivity index (χ2n) is 3.87. The van der Waals surface area contributed by atoms with Crippen LogP contribution in [0.15, 0.2) is 40.9 Å². The molecule has 0 radical (unpaired) electrons. The molecule has 0 unspecified atom stereocenters. The van der Waals surface area contributed by atoms with Crippen LogP contribution in [0.5, 0.6) is 0 Å². The van der Waals surface area contributed by atoms with E-state index in [2.05, 4.69) is 15.9 Å². The van der Waals surface area contributed by atoms with Crippen LogP contribution in [0.25, 0.3) is 0 Å². The van der Waals surface area contributed by atoms with E-state index < -0.39 is 11.6 Å².